The van der Waals surface area contributed by atoms with E-state index in [0.29, 0.717) is 17.1 Å². The summed E-state index contributed by atoms with van der Waals surface area (Å²) in [5, 5.41) is 8.60. The van der Waals surface area contributed by atoms with Gasteiger partial charge in [0.15, 0.2) is 0 Å². The maximum absolute atomic E-state index is 9.60. The van der Waals surface area contributed by atoms with Crippen molar-refractivity contribution in [2.24, 2.45) is 0 Å². The molecular weight excluding hydrogens is 202 g/mol. The van der Waals surface area contributed by atoms with Crippen LogP contribution in [0.3, 0.4) is 0 Å². The fourth-order valence-corrected chi connectivity index (χ4v) is 0.919. The zero-order valence-electron chi connectivity index (χ0n) is 8.03. The van der Waals surface area contributed by atoms with E-state index in [1.54, 1.807) is 18.2 Å². The van der Waals surface area contributed by atoms with Crippen molar-refractivity contribution >= 4 is 23.3 Å². The van der Waals surface area contributed by atoms with Gasteiger partial charge in [-0.25, -0.2) is 0 Å². The maximum atomic E-state index is 9.60. The quantitative estimate of drug-likeness (QED) is 0.746. The van der Waals surface area contributed by atoms with E-state index in [1.807, 2.05) is 13.0 Å². The van der Waals surface area contributed by atoms with Gasteiger partial charge in [-0.05, 0) is 24.6 Å². The van der Waals surface area contributed by atoms with Crippen LogP contribution in [0.4, 0.5) is 5.69 Å². The maximum Gasteiger partial charge on any atom is 0.303 e. The molecule has 0 aliphatic heterocycles. The van der Waals surface area contributed by atoms with Crippen LogP contribution < -0.4 is 5.73 Å². The molecule has 3 N–H and O–H groups in total. The van der Waals surface area contributed by atoms with Gasteiger partial charge in [0.1, 0.15) is 0 Å². The van der Waals surface area contributed by atoms with Crippen LogP contribution in [0, 0.1) is 0 Å². The van der Waals surface area contributed by atoms with Gasteiger partial charge in [-0.1, -0.05) is 24.6 Å². The second-order valence-electron chi connectivity index (χ2n) is 2.70. The minimum Gasteiger partial charge on any atom is -0.481 e. The number of hydrogen-bond donors (Lipinski definition) is 2. The fourth-order valence-electron chi connectivity index (χ4n) is 0.720. The highest BCUT2D eigenvalue weighted by Crippen LogP contribution is 2.10. The molecule has 0 saturated carbocycles. The van der Waals surface area contributed by atoms with Crippen molar-refractivity contribution in [3.8, 4) is 0 Å². The number of rotatable bonds is 2. The van der Waals surface area contributed by atoms with Gasteiger partial charge in [0.25, 0.3) is 0 Å². The zero-order chi connectivity index (χ0) is 11.0. The number of halogens is 1. The highest BCUT2D eigenvalue weighted by molar-refractivity contribution is 6.30. The highest BCUT2D eigenvalue weighted by Gasteiger charge is 1.87. The first-order chi connectivity index (χ1) is 6.56. The number of nitrogen functional groups attached to an aromatic ring is 1. The van der Waals surface area contributed by atoms with Crippen molar-refractivity contribution in [2.45, 2.75) is 19.8 Å². The Hall–Kier alpha value is -1.22. The fraction of sp³-hybridized carbons (Fsp3) is 0.300. The molecule has 3 nitrogen and oxygen atoms in total. The molecule has 1 rings (SSSR count). The summed E-state index contributed by atoms with van der Waals surface area (Å²) in [6.45, 7) is 1.84. The number of carboxylic acid groups (broad SMARTS) is 1. The molecule has 0 aliphatic carbocycles. The summed E-state index contributed by atoms with van der Waals surface area (Å²) < 4.78 is 0. The monoisotopic (exact) mass is 215 g/mol. The van der Waals surface area contributed by atoms with E-state index in [2.05, 4.69) is 0 Å². The number of aliphatic carboxylic acids is 1. The first kappa shape index (κ1) is 12.8. The Balaban J connectivity index is 0.000000255. The molecule has 1 aromatic carbocycles. The van der Waals surface area contributed by atoms with Crippen LogP contribution in [-0.4, -0.2) is 11.1 Å². The van der Waals surface area contributed by atoms with Crippen molar-refractivity contribution < 1.29 is 9.90 Å². The second-order valence-corrected chi connectivity index (χ2v) is 3.14. The number of anilines is 1. The summed E-state index contributed by atoms with van der Waals surface area (Å²) >= 11 is 5.56. The molecule has 14 heavy (non-hydrogen) atoms. The van der Waals surface area contributed by atoms with E-state index in [9.17, 15) is 4.79 Å². The molecule has 4 heteroatoms. The molecule has 0 unspecified atom stereocenters. The molecule has 0 bridgehead atoms. The minimum absolute atomic E-state index is 0.292. The van der Waals surface area contributed by atoms with Crippen LogP contribution in [0.15, 0.2) is 24.3 Å². The third kappa shape index (κ3) is 7.43. The number of hydrogen-bond acceptors (Lipinski definition) is 2. The predicted octanol–water partition coefficient (Wildman–Crippen LogP) is 2.79. The summed E-state index contributed by atoms with van der Waals surface area (Å²) in [6, 6.07) is 7.11. The van der Waals surface area contributed by atoms with Gasteiger partial charge in [0, 0.05) is 17.1 Å². The molecular formula is C10H14ClNO2. The minimum atomic E-state index is -0.711. The molecule has 1 aromatic rings. The Bertz CT molecular complexity index is 272. The molecule has 0 radical (unpaired) electrons. The third-order valence-electron chi connectivity index (χ3n) is 1.31. The van der Waals surface area contributed by atoms with E-state index in [1.165, 1.54) is 0 Å². The van der Waals surface area contributed by atoms with Crippen molar-refractivity contribution in [3.63, 3.8) is 0 Å². The summed E-state index contributed by atoms with van der Waals surface area (Å²) in [4.78, 5) is 9.60. The lowest BCUT2D eigenvalue weighted by Gasteiger charge is -1.89. The molecule has 0 amide bonds. The highest BCUT2D eigenvalue weighted by atomic mass is 35.5. The van der Waals surface area contributed by atoms with Gasteiger partial charge >= 0.3 is 5.97 Å². The predicted molar refractivity (Wildman–Crippen MR) is 58.4 cm³/mol. The van der Waals surface area contributed by atoms with E-state index in [4.69, 9.17) is 22.4 Å². The molecule has 0 aromatic heterocycles. The second kappa shape index (κ2) is 7.21. The van der Waals surface area contributed by atoms with Crippen molar-refractivity contribution in [3.05, 3.63) is 29.3 Å². The van der Waals surface area contributed by atoms with Crippen molar-refractivity contribution in [2.75, 3.05) is 5.73 Å². The third-order valence-corrected chi connectivity index (χ3v) is 1.55. The molecule has 0 heterocycles. The summed E-state index contributed by atoms with van der Waals surface area (Å²) in [5.74, 6) is -0.711. The lowest BCUT2D eigenvalue weighted by Crippen LogP contribution is -1.90. The topological polar surface area (TPSA) is 63.3 Å². The number of benzene rings is 1. The van der Waals surface area contributed by atoms with Crippen LogP contribution in [0.1, 0.15) is 19.8 Å². The average molecular weight is 216 g/mol. The largest absolute Gasteiger partial charge is 0.481 e. The van der Waals surface area contributed by atoms with E-state index in [-0.39, 0.29) is 0 Å². The molecule has 0 spiro atoms. The standard InChI is InChI=1S/C6H6ClN.C4H8O2/c7-5-2-1-3-6(8)4-5;1-2-3-4(5)6/h1-4H,8H2;2-3H2,1H3,(H,5,6). The summed E-state index contributed by atoms with van der Waals surface area (Å²) in [5.41, 5.74) is 6.08. The van der Waals surface area contributed by atoms with Gasteiger partial charge in [0.2, 0.25) is 0 Å². The summed E-state index contributed by atoms with van der Waals surface area (Å²) in [6.07, 6.45) is 1.02. The van der Waals surface area contributed by atoms with Gasteiger partial charge in [0.05, 0.1) is 0 Å². The van der Waals surface area contributed by atoms with Crippen LogP contribution in [-0.2, 0) is 4.79 Å². The lowest BCUT2D eigenvalue weighted by molar-refractivity contribution is -0.137. The van der Waals surface area contributed by atoms with Gasteiger partial charge in [-0.3, -0.25) is 4.79 Å². The van der Waals surface area contributed by atoms with E-state index >= 15 is 0 Å². The number of carboxylic acids is 1. The van der Waals surface area contributed by atoms with Crippen LogP contribution in [0.25, 0.3) is 0 Å². The Morgan fingerprint density at radius 2 is 2.21 bits per heavy atom. The first-order valence-corrected chi connectivity index (χ1v) is 4.67. The van der Waals surface area contributed by atoms with E-state index in [0.717, 1.165) is 6.42 Å². The van der Waals surface area contributed by atoms with Gasteiger partial charge < -0.3 is 10.8 Å². The number of nitrogens with two attached hydrogens (primary N) is 1. The van der Waals surface area contributed by atoms with E-state index < -0.39 is 5.97 Å². The van der Waals surface area contributed by atoms with Crippen LogP contribution in [0.2, 0.25) is 5.02 Å². The lowest BCUT2D eigenvalue weighted by atomic mass is 10.3. The van der Waals surface area contributed by atoms with Gasteiger partial charge in [-0.2, -0.15) is 0 Å². The average Bonchev–Trinajstić information content (AvgIpc) is 2.03. The van der Waals surface area contributed by atoms with Crippen molar-refractivity contribution in [1.29, 1.82) is 0 Å². The van der Waals surface area contributed by atoms with Crippen LogP contribution >= 0.6 is 11.6 Å². The Labute approximate surface area is 88.5 Å². The normalized spacial score (nSPS) is 8.71. The Morgan fingerprint density at radius 1 is 1.57 bits per heavy atom. The number of carbonyl (C=O) groups is 1. The smallest absolute Gasteiger partial charge is 0.303 e. The summed E-state index contributed by atoms with van der Waals surface area (Å²) in [7, 11) is 0. The molecule has 0 saturated heterocycles. The molecule has 0 fully saturated rings. The van der Waals surface area contributed by atoms with Gasteiger partial charge in [-0.15, -0.1) is 0 Å². The first-order valence-electron chi connectivity index (χ1n) is 4.29. The molecule has 0 atom stereocenters. The van der Waals surface area contributed by atoms with Crippen LogP contribution in [0.5, 0.6) is 0 Å². The Kier molecular flexibility index (Phi) is 6.58. The molecule has 78 valence electrons. The SMILES string of the molecule is CCCC(=O)O.Nc1cccc(Cl)c1. The zero-order valence-corrected chi connectivity index (χ0v) is 8.79. The Morgan fingerprint density at radius 3 is 2.43 bits per heavy atom. The molecule has 0 aliphatic rings. The van der Waals surface area contributed by atoms with Crippen molar-refractivity contribution in [1.82, 2.24) is 0 Å².